The maximum Gasteiger partial charge on any atom is 0.231 e. The molecule has 0 amide bonds. The summed E-state index contributed by atoms with van der Waals surface area (Å²) < 4.78 is 15.6. The van der Waals surface area contributed by atoms with Crippen LogP contribution >= 0.6 is 0 Å². The Bertz CT molecular complexity index is 321. The molecule has 0 radical (unpaired) electrons. The Morgan fingerprint density at radius 1 is 1.20 bits per heavy atom. The van der Waals surface area contributed by atoms with Crippen molar-refractivity contribution in [1.29, 1.82) is 0 Å². The third kappa shape index (κ3) is 2.04. The molecule has 2 N–H and O–H groups in total. The minimum atomic E-state index is 0.259. The summed E-state index contributed by atoms with van der Waals surface area (Å²) in [4.78, 5) is 4.62. The van der Waals surface area contributed by atoms with E-state index in [-0.39, 0.29) is 6.79 Å². The van der Waals surface area contributed by atoms with E-state index in [0.717, 1.165) is 22.6 Å². The van der Waals surface area contributed by atoms with Crippen LogP contribution in [0.1, 0.15) is 11.1 Å². The summed E-state index contributed by atoms with van der Waals surface area (Å²) in [5.74, 6) is 6.52. The molecular formula is C10H13NO4. The molecule has 1 aliphatic rings. The highest BCUT2D eigenvalue weighted by Gasteiger charge is 2.16. The summed E-state index contributed by atoms with van der Waals surface area (Å²) in [6.45, 7) is 1.08. The van der Waals surface area contributed by atoms with Crippen LogP contribution < -0.4 is 15.4 Å². The first-order chi connectivity index (χ1) is 7.35. The van der Waals surface area contributed by atoms with Crippen molar-refractivity contribution in [1.82, 2.24) is 0 Å². The van der Waals surface area contributed by atoms with Crippen molar-refractivity contribution in [2.75, 3.05) is 13.9 Å². The van der Waals surface area contributed by atoms with Crippen molar-refractivity contribution < 1.29 is 19.0 Å². The van der Waals surface area contributed by atoms with Crippen LogP contribution in [0.3, 0.4) is 0 Å². The molecule has 0 aromatic heterocycles. The fourth-order valence-electron chi connectivity index (χ4n) is 1.54. The lowest BCUT2D eigenvalue weighted by molar-refractivity contribution is 0.120. The Hall–Kier alpha value is -1.30. The second kappa shape index (κ2) is 4.48. The van der Waals surface area contributed by atoms with Gasteiger partial charge < -0.3 is 14.2 Å². The van der Waals surface area contributed by atoms with Crippen molar-refractivity contribution in [3.05, 3.63) is 23.3 Å². The Morgan fingerprint density at radius 2 is 1.80 bits per heavy atom. The van der Waals surface area contributed by atoms with E-state index < -0.39 is 0 Å². The van der Waals surface area contributed by atoms with E-state index in [1.54, 1.807) is 7.11 Å². The van der Waals surface area contributed by atoms with Gasteiger partial charge in [-0.05, 0) is 23.3 Å². The zero-order chi connectivity index (χ0) is 10.7. The lowest BCUT2D eigenvalue weighted by atomic mass is 10.1. The molecule has 5 heteroatoms. The monoisotopic (exact) mass is 211 g/mol. The van der Waals surface area contributed by atoms with Crippen LogP contribution in [0.2, 0.25) is 0 Å². The number of hydrogen-bond donors (Lipinski definition) is 1. The van der Waals surface area contributed by atoms with Crippen molar-refractivity contribution in [3.63, 3.8) is 0 Å². The van der Waals surface area contributed by atoms with Crippen LogP contribution in [0.25, 0.3) is 0 Å². The minimum absolute atomic E-state index is 0.259. The number of nitrogens with two attached hydrogens (primary N) is 1. The SMILES string of the molecule is COCc1cc2c(cc1CON)OCO2. The smallest absolute Gasteiger partial charge is 0.231 e. The molecular weight excluding hydrogens is 198 g/mol. The molecule has 1 aromatic rings. The van der Waals surface area contributed by atoms with Crippen LogP contribution in [0.4, 0.5) is 0 Å². The van der Waals surface area contributed by atoms with E-state index >= 15 is 0 Å². The van der Waals surface area contributed by atoms with Crippen LogP contribution in [-0.4, -0.2) is 13.9 Å². The molecule has 15 heavy (non-hydrogen) atoms. The van der Waals surface area contributed by atoms with Gasteiger partial charge in [0.2, 0.25) is 6.79 Å². The summed E-state index contributed by atoms with van der Waals surface area (Å²) in [5, 5.41) is 0. The van der Waals surface area contributed by atoms with Crippen molar-refractivity contribution >= 4 is 0 Å². The van der Waals surface area contributed by atoms with E-state index in [0.29, 0.717) is 13.2 Å². The molecule has 2 rings (SSSR count). The summed E-state index contributed by atoms with van der Waals surface area (Å²) in [6.07, 6.45) is 0. The third-order valence-electron chi connectivity index (χ3n) is 2.23. The van der Waals surface area contributed by atoms with Crippen molar-refractivity contribution in [2.24, 2.45) is 5.90 Å². The second-order valence-electron chi connectivity index (χ2n) is 3.22. The summed E-state index contributed by atoms with van der Waals surface area (Å²) in [6, 6.07) is 3.75. The molecule has 0 atom stereocenters. The molecule has 0 spiro atoms. The van der Waals surface area contributed by atoms with Gasteiger partial charge in [-0.15, -0.1) is 0 Å². The summed E-state index contributed by atoms with van der Waals surface area (Å²) >= 11 is 0. The minimum Gasteiger partial charge on any atom is -0.454 e. The van der Waals surface area contributed by atoms with Gasteiger partial charge in [-0.2, -0.15) is 0 Å². The molecule has 1 aromatic carbocycles. The van der Waals surface area contributed by atoms with Gasteiger partial charge in [0.05, 0.1) is 13.2 Å². The van der Waals surface area contributed by atoms with Crippen LogP contribution in [-0.2, 0) is 22.8 Å². The van der Waals surface area contributed by atoms with Crippen molar-refractivity contribution in [3.8, 4) is 11.5 Å². The topological polar surface area (TPSA) is 62.9 Å². The fraction of sp³-hybridized carbons (Fsp3) is 0.400. The predicted molar refractivity (Wildman–Crippen MR) is 52.3 cm³/mol. The summed E-state index contributed by atoms with van der Waals surface area (Å²) in [5.41, 5.74) is 1.94. The number of benzene rings is 1. The van der Waals surface area contributed by atoms with Gasteiger partial charge in [0.15, 0.2) is 11.5 Å². The fourth-order valence-corrected chi connectivity index (χ4v) is 1.54. The van der Waals surface area contributed by atoms with E-state index in [2.05, 4.69) is 4.84 Å². The highest BCUT2D eigenvalue weighted by atomic mass is 16.7. The van der Waals surface area contributed by atoms with Gasteiger partial charge in [0.25, 0.3) is 0 Å². The molecule has 1 aliphatic heterocycles. The average molecular weight is 211 g/mol. The number of methoxy groups -OCH3 is 1. The van der Waals surface area contributed by atoms with E-state index in [1.165, 1.54) is 0 Å². The van der Waals surface area contributed by atoms with E-state index in [4.69, 9.17) is 20.1 Å². The molecule has 82 valence electrons. The maximum absolute atomic E-state index is 5.27. The van der Waals surface area contributed by atoms with Crippen LogP contribution in [0.15, 0.2) is 12.1 Å². The van der Waals surface area contributed by atoms with Crippen molar-refractivity contribution in [2.45, 2.75) is 13.2 Å². The maximum atomic E-state index is 5.27. The predicted octanol–water partition coefficient (Wildman–Crippen LogP) is 0.952. The highest BCUT2D eigenvalue weighted by Crippen LogP contribution is 2.35. The third-order valence-corrected chi connectivity index (χ3v) is 2.23. The van der Waals surface area contributed by atoms with Gasteiger partial charge in [-0.1, -0.05) is 0 Å². The Morgan fingerprint density at radius 3 is 2.33 bits per heavy atom. The Kier molecular flexibility index (Phi) is 3.05. The molecule has 0 aliphatic carbocycles. The van der Waals surface area contributed by atoms with Crippen LogP contribution in [0, 0.1) is 0 Å². The van der Waals surface area contributed by atoms with E-state index in [9.17, 15) is 0 Å². The first-order valence-electron chi connectivity index (χ1n) is 4.57. The zero-order valence-corrected chi connectivity index (χ0v) is 8.49. The van der Waals surface area contributed by atoms with Crippen LogP contribution in [0.5, 0.6) is 11.5 Å². The normalized spacial score (nSPS) is 13.2. The molecule has 0 unspecified atom stereocenters. The Balaban J connectivity index is 2.33. The average Bonchev–Trinajstić information content (AvgIpc) is 2.66. The van der Waals surface area contributed by atoms with Gasteiger partial charge in [-0.25, -0.2) is 5.90 Å². The first-order valence-corrected chi connectivity index (χ1v) is 4.57. The molecule has 0 fully saturated rings. The molecule has 0 saturated carbocycles. The van der Waals surface area contributed by atoms with Gasteiger partial charge in [0, 0.05) is 7.11 Å². The standard InChI is InChI=1S/C10H13NO4/c1-12-4-7-2-9-10(14-6-13-9)3-8(7)5-15-11/h2-3H,4-6,11H2,1H3. The largest absolute Gasteiger partial charge is 0.454 e. The highest BCUT2D eigenvalue weighted by molar-refractivity contribution is 5.48. The Labute approximate surface area is 87.6 Å². The number of ether oxygens (including phenoxy) is 3. The molecule has 0 saturated heterocycles. The van der Waals surface area contributed by atoms with Gasteiger partial charge in [0.1, 0.15) is 0 Å². The summed E-state index contributed by atoms with van der Waals surface area (Å²) in [7, 11) is 1.64. The van der Waals surface area contributed by atoms with Gasteiger partial charge >= 0.3 is 0 Å². The second-order valence-corrected chi connectivity index (χ2v) is 3.22. The number of hydrogen-bond acceptors (Lipinski definition) is 5. The van der Waals surface area contributed by atoms with Gasteiger partial charge in [-0.3, -0.25) is 4.84 Å². The molecule has 0 bridgehead atoms. The van der Waals surface area contributed by atoms with E-state index in [1.807, 2.05) is 12.1 Å². The first kappa shape index (κ1) is 10.2. The lowest BCUT2D eigenvalue weighted by Crippen LogP contribution is -2.03. The molecule has 5 nitrogen and oxygen atoms in total. The number of rotatable bonds is 4. The number of fused-ring (bicyclic) bond motifs is 1. The quantitative estimate of drug-likeness (QED) is 0.751. The lowest BCUT2D eigenvalue weighted by Gasteiger charge is -2.09. The molecule has 1 heterocycles. The zero-order valence-electron chi connectivity index (χ0n) is 8.49.